The number of nitriles is 1. The fourth-order valence-corrected chi connectivity index (χ4v) is 4.69. The second-order valence-corrected chi connectivity index (χ2v) is 10.8. The molecule has 0 unspecified atom stereocenters. The average molecular weight is 531 g/mol. The van der Waals surface area contributed by atoms with Crippen molar-refractivity contribution in [1.29, 1.82) is 10.0 Å². The van der Waals surface area contributed by atoms with Crippen LogP contribution in [0.25, 0.3) is 11.1 Å². The molecule has 0 saturated heterocycles. The van der Waals surface area contributed by atoms with Gasteiger partial charge in [-0.1, -0.05) is 6.07 Å². The predicted molar refractivity (Wildman–Crippen MR) is 143 cm³/mol. The number of aryl methyl sites for hydroxylation is 2. The van der Waals surface area contributed by atoms with Gasteiger partial charge in [0.2, 0.25) is 5.88 Å². The van der Waals surface area contributed by atoms with Gasteiger partial charge in [-0.05, 0) is 49.7 Å². The van der Waals surface area contributed by atoms with Crippen LogP contribution in [0.15, 0.2) is 59.8 Å². The standard InChI is InChI=1S/C27H26N6O4S/c1-16-21(22-15-33(3)32-17(22)2)14-30-27(37-23-10-9-18(13-28)11-24(23)36-4)25(16)26(34)31-19-7-6-8-20(12-19)38(5,29)35/h6-12,14-15,29H,1-5H3,(H,31,34)/t38-/m1/s1. The van der Waals surface area contributed by atoms with Crippen LogP contribution in [-0.4, -0.2) is 38.2 Å². The van der Waals surface area contributed by atoms with Crippen LogP contribution in [0.4, 0.5) is 5.69 Å². The van der Waals surface area contributed by atoms with Crippen molar-refractivity contribution in [2.45, 2.75) is 18.7 Å². The predicted octanol–water partition coefficient (Wildman–Crippen LogP) is 5.06. The Morgan fingerprint density at radius 3 is 2.55 bits per heavy atom. The Hall–Kier alpha value is -4.69. The summed E-state index contributed by atoms with van der Waals surface area (Å²) in [7, 11) is 0.290. The number of anilines is 1. The maximum atomic E-state index is 13.7. The molecule has 10 nitrogen and oxygen atoms in total. The van der Waals surface area contributed by atoms with E-state index < -0.39 is 15.6 Å². The van der Waals surface area contributed by atoms with Gasteiger partial charge in [0.05, 0.1) is 34.2 Å². The molecule has 11 heteroatoms. The van der Waals surface area contributed by atoms with Crippen molar-refractivity contribution < 1.29 is 18.5 Å². The van der Waals surface area contributed by atoms with Crippen LogP contribution < -0.4 is 14.8 Å². The highest BCUT2D eigenvalue weighted by Crippen LogP contribution is 2.37. The number of ether oxygens (including phenoxy) is 2. The first-order valence-electron chi connectivity index (χ1n) is 11.4. The first-order chi connectivity index (χ1) is 18.0. The molecule has 0 spiro atoms. The molecular weight excluding hydrogens is 504 g/mol. The quantitative estimate of drug-likeness (QED) is 0.340. The van der Waals surface area contributed by atoms with Gasteiger partial charge in [0.15, 0.2) is 11.5 Å². The van der Waals surface area contributed by atoms with Crippen LogP contribution in [0.1, 0.15) is 27.2 Å². The number of hydrogen-bond donors (Lipinski definition) is 2. The van der Waals surface area contributed by atoms with Gasteiger partial charge in [-0.25, -0.2) is 14.0 Å². The molecule has 0 saturated carbocycles. The van der Waals surface area contributed by atoms with E-state index in [4.69, 9.17) is 14.3 Å². The van der Waals surface area contributed by atoms with Gasteiger partial charge in [-0.2, -0.15) is 10.4 Å². The number of nitrogens with one attached hydrogen (secondary N) is 2. The zero-order valence-electron chi connectivity index (χ0n) is 21.5. The first-order valence-corrected chi connectivity index (χ1v) is 13.4. The minimum absolute atomic E-state index is 0.0317. The van der Waals surface area contributed by atoms with E-state index in [1.165, 1.54) is 25.5 Å². The number of carbonyl (C=O) groups excluding carboxylic acids is 1. The van der Waals surface area contributed by atoms with Crippen LogP contribution in [0.2, 0.25) is 0 Å². The number of pyridine rings is 1. The second kappa shape index (κ2) is 10.4. The van der Waals surface area contributed by atoms with Crippen LogP contribution in [0, 0.1) is 30.0 Å². The Labute approximate surface area is 220 Å². The molecule has 4 aromatic rings. The minimum Gasteiger partial charge on any atom is -0.493 e. The molecule has 2 aromatic heterocycles. The summed E-state index contributed by atoms with van der Waals surface area (Å²) < 4.78 is 33.2. The van der Waals surface area contributed by atoms with Crippen LogP contribution in [0.3, 0.4) is 0 Å². The lowest BCUT2D eigenvalue weighted by molar-refractivity contribution is 0.102. The number of amides is 1. The van der Waals surface area contributed by atoms with Crippen molar-refractivity contribution in [2.24, 2.45) is 7.05 Å². The van der Waals surface area contributed by atoms with Crippen molar-refractivity contribution >= 4 is 21.3 Å². The van der Waals surface area contributed by atoms with Crippen LogP contribution >= 0.6 is 0 Å². The van der Waals surface area contributed by atoms with Gasteiger partial charge in [-0.3, -0.25) is 9.48 Å². The Bertz CT molecular complexity index is 1700. The third kappa shape index (κ3) is 5.35. The summed E-state index contributed by atoms with van der Waals surface area (Å²) in [6, 6.07) is 13.1. The fraction of sp³-hybridized carbons (Fsp3) is 0.185. The van der Waals surface area contributed by atoms with Crippen LogP contribution in [-0.2, 0) is 16.8 Å². The van der Waals surface area contributed by atoms with Crippen molar-refractivity contribution in [3.05, 3.63) is 77.2 Å². The fourth-order valence-electron chi connectivity index (χ4n) is 4.00. The lowest BCUT2D eigenvalue weighted by Gasteiger charge is -2.17. The maximum Gasteiger partial charge on any atom is 0.261 e. The molecule has 0 bridgehead atoms. The van der Waals surface area contributed by atoms with Gasteiger partial charge >= 0.3 is 0 Å². The molecule has 0 aliphatic carbocycles. The number of hydrogen-bond acceptors (Lipinski definition) is 8. The molecule has 1 atom stereocenters. The number of rotatable bonds is 7. The van der Waals surface area contributed by atoms with Gasteiger partial charge in [0.1, 0.15) is 5.56 Å². The normalized spacial score (nSPS) is 12.3. The highest BCUT2D eigenvalue weighted by atomic mass is 32.2. The summed E-state index contributed by atoms with van der Waals surface area (Å²) >= 11 is 0. The maximum absolute atomic E-state index is 13.7. The average Bonchev–Trinajstić information content (AvgIpc) is 3.21. The number of methoxy groups -OCH3 is 1. The van der Waals surface area contributed by atoms with Gasteiger partial charge in [0.25, 0.3) is 5.91 Å². The van der Waals surface area contributed by atoms with E-state index in [-0.39, 0.29) is 17.2 Å². The smallest absolute Gasteiger partial charge is 0.261 e. The van der Waals surface area contributed by atoms with E-state index >= 15 is 0 Å². The zero-order valence-corrected chi connectivity index (χ0v) is 22.3. The van der Waals surface area contributed by atoms with Crippen molar-refractivity contribution in [2.75, 3.05) is 18.7 Å². The lowest BCUT2D eigenvalue weighted by atomic mass is 9.99. The molecule has 1 amide bonds. The highest BCUT2D eigenvalue weighted by Gasteiger charge is 2.24. The third-order valence-electron chi connectivity index (χ3n) is 5.88. The summed E-state index contributed by atoms with van der Waals surface area (Å²) in [4.78, 5) is 18.5. The van der Waals surface area contributed by atoms with Crippen LogP contribution in [0.5, 0.6) is 17.4 Å². The Morgan fingerprint density at radius 1 is 1.16 bits per heavy atom. The summed E-state index contributed by atoms with van der Waals surface area (Å²) in [6.45, 7) is 3.66. The minimum atomic E-state index is -2.98. The number of aromatic nitrogens is 3. The summed E-state index contributed by atoms with van der Waals surface area (Å²) in [5.74, 6) is 0.109. The Balaban J connectivity index is 1.83. The monoisotopic (exact) mass is 530 g/mol. The molecule has 0 radical (unpaired) electrons. The summed E-state index contributed by atoms with van der Waals surface area (Å²) in [5, 5.41) is 16.4. The van der Waals surface area contributed by atoms with Gasteiger partial charge in [-0.15, -0.1) is 0 Å². The second-order valence-electron chi connectivity index (χ2n) is 8.68. The number of carbonyl (C=O) groups is 1. The van der Waals surface area contributed by atoms with Crippen molar-refractivity contribution in [3.63, 3.8) is 0 Å². The molecular formula is C27H26N6O4S. The largest absolute Gasteiger partial charge is 0.493 e. The van der Waals surface area contributed by atoms with E-state index in [9.17, 15) is 14.3 Å². The molecule has 0 aliphatic rings. The molecule has 0 aliphatic heterocycles. The summed E-state index contributed by atoms with van der Waals surface area (Å²) in [5.41, 5.74) is 3.83. The Kier molecular flexibility index (Phi) is 7.19. The van der Waals surface area contributed by atoms with Gasteiger partial charge in [0, 0.05) is 53.5 Å². The molecule has 2 heterocycles. The zero-order chi connectivity index (χ0) is 27.6. The SMILES string of the molecule is COc1cc(C#N)ccc1Oc1ncc(-c2cn(C)nc2C)c(C)c1C(=O)Nc1cccc([S@](C)(=N)=O)c1. The van der Waals surface area contributed by atoms with Crippen molar-refractivity contribution in [1.82, 2.24) is 14.8 Å². The van der Waals surface area contributed by atoms with Gasteiger partial charge < -0.3 is 14.8 Å². The van der Waals surface area contributed by atoms with E-state index in [1.54, 1.807) is 48.1 Å². The third-order valence-corrected chi connectivity index (χ3v) is 7.03. The highest BCUT2D eigenvalue weighted by molar-refractivity contribution is 7.91. The number of nitrogens with zero attached hydrogens (tertiary/aromatic N) is 4. The van der Waals surface area contributed by atoms with E-state index in [0.717, 1.165) is 11.3 Å². The number of benzene rings is 2. The molecule has 2 aromatic carbocycles. The van der Waals surface area contributed by atoms with Crippen molar-refractivity contribution in [3.8, 4) is 34.6 Å². The summed E-state index contributed by atoms with van der Waals surface area (Å²) in [6.07, 6.45) is 4.79. The van der Waals surface area contributed by atoms with E-state index in [2.05, 4.69) is 15.4 Å². The molecule has 4 rings (SSSR count). The van der Waals surface area contributed by atoms with E-state index in [1.807, 2.05) is 26.2 Å². The molecule has 0 fully saturated rings. The first kappa shape index (κ1) is 26.4. The van der Waals surface area contributed by atoms with E-state index in [0.29, 0.717) is 33.0 Å². The Morgan fingerprint density at radius 2 is 1.92 bits per heavy atom. The lowest BCUT2D eigenvalue weighted by Crippen LogP contribution is -2.16. The molecule has 2 N–H and O–H groups in total. The topological polar surface area (TPSA) is 143 Å². The molecule has 38 heavy (non-hydrogen) atoms. The molecule has 194 valence electrons.